The minimum atomic E-state index is -4.03. The number of hydrogen-bond acceptors (Lipinski definition) is 2. The number of sulfonamides is 1. The van der Waals surface area contributed by atoms with Crippen molar-refractivity contribution >= 4 is 15.7 Å². The molecule has 0 aliphatic carbocycles. The fraction of sp³-hybridized carbons (Fsp3) is 0.200. The second kappa shape index (κ2) is 5.11. The van der Waals surface area contributed by atoms with Crippen LogP contribution >= 0.6 is 0 Å². The minimum absolute atomic E-state index is 0.288. The third-order valence-corrected chi connectivity index (χ3v) is 5.38. The molecule has 0 bridgehead atoms. The first-order valence-electron chi connectivity index (χ1n) is 6.56. The van der Waals surface area contributed by atoms with Gasteiger partial charge in [0.15, 0.2) is 0 Å². The fourth-order valence-corrected chi connectivity index (χ4v) is 4.14. The second-order valence-electron chi connectivity index (χ2n) is 4.88. The van der Waals surface area contributed by atoms with Crippen LogP contribution in [-0.4, -0.2) is 15.0 Å². The van der Waals surface area contributed by atoms with Gasteiger partial charge in [-0.3, -0.25) is 4.31 Å². The predicted molar refractivity (Wildman–Crippen MR) is 75.7 cm³/mol. The lowest BCUT2D eigenvalue weighted by atomic mass is 10.0. The zero-order chi connectivity index (χ0) is 15.0. The summed E-state index contributed by atoms with van der Waals surface area (Å²) in [4.78, 5) is -0.499. The van der Waals surface area contributed by atoms with Crippen LogP contribution in [0.15, 0.2) is 47.4 Å². The molecule has 0 aromatic heterocycles. The zero-order valence-electron chi connectivity index (χ0n) is 11.1. The van der Waals surface area contributed by atoms with E-state index in [9.17, 15) is 17.2 Å². The van der Waals surface area contributed by atoms with Gasteiger partial charge in [-0.2, -0.15) is 0 Å². The van der Waals surface area contributed by atoms with Gasteiger partial charge in [0, 0.05) is 12.6 Å². The van der Waals surface area contributed by atoms with Crippen LogP contribution in [0.25, 0.3) is 0 Å². The number of nitrogens with zero attached hydrogens (tertiary/aromatic N) is 1. The van der Waals surface area contributed by atoms with E-state index in [-0.39, 0.29) is 6.54 Å². The lowest BCUT2D eigenvalue weighted by molar-refractivity contribution is 0.546. The van der Waals surface area contributed by atoms with Crippen molar-refractivity contribution in [1.82, 2.24) is 0 Å². The molecule has 0 spiro atoms. The normalized spacial score (nSPS) is 14.9. The highest BCUT2D eigenvalue weighted by molar-refractivity contribution is 7.92. The molecule has 2 aromatic rings. The lowest BCUT2D eigenvalue weighted by Gasteiger charge is -2.30. The molecule has 110 valence electrons. The molecular formula is C15H13F2NO2S. The Morgan fingerprint density at radius 1 is 1.05 bits per heavy atom. The zero-order valence-corrected chi connectivity index (χ0v) is 11.9. The van der Waals surface area contributed by atoms with E-state index < -0.39 is 26.6 Å². The molecule has 1 aliphatic rings. The molecular weight excluding hydrogens is 296 g/mol. The Bertz CT molecular complexity index is 790. The van der Waals surface area contributed by atoms with Crippen LogP contribution in [0.3, 0.4) is 0 Å². The number of rotatable bonds is 2. The Balaban J connectivity index is 2.12. The van der Waals surface area contributed by atoms with Gasteiger partial charge < -0.3 is 0 Å². The van der Waals surface area contributed by atoms with Crippen LogP contribution in [-0.2, 0) is 16.4 Å². The van der Waals surface area contributed by atoms with Crippen molar-refractivity contribution in [3.63, 3.8) is 0 Å². The summed E-state index contributed by atoms with van der Waals surface area (Å²) >= 11 is 0. The van der Waals surface area contributed by atoms with E-state index in [4.69, 9.17) is 0 Å². The molecule has 0 N–H and O–H groups in total. The van der Waals surface area contributed by atoms with Gasteiger partial charge in [0.05, 0.1) is 5.69 Å². The maximum atomic E-state index is 13.8. The van der Waals surface area contributed by atoms with Crippen molar-refractivity contribution < 1.29 is 17.2 Å². The van der Waals surface area contributed by atoms with Gasteiger partial charge in [-0.15, -0.1) is 0 Å². The molecule has 21 heavy (non-hydrogen) atoms. The third kappa shape index (κ3) is 2.40. The van der Waals surface area contributed by atoms with E-state index in [1.807, 2.05) is 12.1 Å². The van der Waals surface area contributed by atoms with Crippen molar-refractivity contribution in [2.24, 2.45) is 0 Å². The van der Waals surface area contributed by atoms with Gasteiger partial charge in [0.2, 0.25) is 0 Å². The first-order chi connectivity index (χ1) is 10.00. The van der Waals surface area contributed by atoms with Crippen LogP contribution < -0.4 is 4.31 Å². The third-order valence-electron chi connectivity index (χ3n) is 3.53. The van der Waals surface area contributed by atoms with Crippen molar-refractivity contribution in [3.8, 4) is 0 Å². The minimum Gasteiger partial charge on any atom is -0.266 e. The van der Waals surface area contributed by atoms with Gasteiger partial charge in [-0.1, -0.05) is 18.2 Å². The van der Waals surface area contributed by atoms with Crippen molar-refractivity contribution in [2.45, 2.75) is 17.7 Å². The monoisotopic (exact) mass is 309 g/mol. The number of aryl methyl sites for hydroxylation is 1. The Kier molecular flexibility index (Phi) is 3.41. The van der Waals surface area contributed by atoms with Crippen LogP contribution in [0.4, 0.5) is 14.5 Å². The first kappa shape index (κ1) is 14.0. The van der Waals surface area contributed by atoms with Gasteiger partial charge in [0.25, 0.3) is 10.0 Å². The topological polar surface area (TPSA) is 37.4 Å². The summed E-state index contributed by atoms with van der Waals surface area (Å²) < 4.78 is 53.3. The number of halogens is 2. The van der Waals surface area contributed by atoms with Crippen LogP contribution in [0.1, 0.15) is 12.0 Å². The maximum Gasteiger partial charge on any atom is 0.267 e. The maximum absolute atomic E-state index is 13.8. The summed E-state index contributed by atoms with van der Waals surface area (Å²) in [5.41, 5.74) is 1.47. The molecule has 0 saturated carbocycles. The van der Waals surface area contributed by atoms with Gasteiger partial charge in [-0.25, -0.2) is 17.2 Å². The summed E-state index contributed by atoms with van der Waals surface area (Å²) in [6.45, 7) is 0.288. The number of para-hydroxylation sites is 1. The summed E-state index contributed by atoms with van der Waals surface area (Å²) in [5, 5.41) is 0. The largest absolute Gasteiger partial charge is 0.267 e. The standard InChI is InChI=1S/C15H13F2NO2S/c16-12-7-8-15(13(17)10-12)21(19,20)18-9-3-5-11-4-1-2-6-14(11)18/h1-2,4,6-8,10H,3,5,9H2. The van der Waals surface area contributed by atoms with E-state index in [1.54, 1.807) is 12.1 Å². The quantitative estimate of drug-likeness (QED) is 0.855. The highest BCUT2D eigenvalue weighted by Gasteiger charge is 2.31. The molecule has 3 nitrogen and oxygen atoms in total. The molecule has 0 unspecified atom stereocenters. The van der Waals surface area contributed by atoms with Crippen LogP contribution in [0.2, 0.25) is 0 Å². The number of anilines is 1. The van der Waals surface area contributed by atoms with Gasteiger partial charge in [-0.05, 0) is 36.6 Å². The Labute approximate surface area is 121 Å². The van der Waals surface area contributed by atoms with Crippen molar-refractivity contribution in [3.05, 3.63) is 59.7 Å². The summed E-state index contributed by atoms with van der Waals surface area (Å²) in [6, 6.07) is 9.65. The number of hydrogen-bond donors (Lipinski definition) is 0. The molecule has 1 heterocycles. The molecule has 1 aliphatic heterocycles. The Hall–Kier alpha value is -1.95. The molecule has 6 heteroatoms. The smallest absolute Gasteiger partial charge is 0.266 e. The lowest BCUT2D eigenvalue weighted by Crippen LogP contribution is -2.35. The van der Waals surface area contributed by atoms with Crippen LogP contribution in [0.5, 0.6) is 0 Å². The Morgan fingerprint density at radius 3 is 2.57 bits per heavy atom. The summed E-state index contributed by atoms with van der Waals surface area (Å²) in [5.74, 6) is -1.87. The van der Waals surface area contributed by atoms with Gasteiger partial charge >= 0.3 is 0 Å². The first-order valence-corrected chi connectivity index (χ1v) is 8.00. The number of benzene rings is 2. The molecule has 0 amide bonds. The second-order valence-corrected chi connectivity index (χ2v) is 6.71. The SMILES string of the molecule is O=S(=O)(c1ccc(F)cc1F)N1CCCc2ccccc21. The van der Waals surface area contributed by atoms with Crippen molar-refractivity contribution in [2.75, 3.05) is 10.8 Å². The fourth-order valence-electron chi connectivity index (χ4n) is 2.55. The van der Waals surface area contributed by atoms with E-state index in [2.05, 4.69) is 0 Å². The predicted octanol–water partition coefficient (Wildman–Crippen LogP) is 3.11. The van der Waals surface area contributed by atoms with Crippen molar-refractivity contribution in [1.29, 1.82) is 0 Å². The van der Waals surface area contributed by atoms with E-state index >= 15 is 0 Å². The highest BCUT2D eigenvalue weighted by atomic mass is 32.2. The molecule has 0 fully saturated rings. The van der Waals surface area contributed by atoms with Gasteiger partial charge in [0.1, 0.15) is 16.5 Å². The van der Waals surface area contributed by atoms with Crippen LogP contribution in [0, 0.1) is 11.6 Å². The molecule has 0 radical (unpaired) electrons. The average molecular weight is 309 g/mol. The number of fused-ring (bicyclic) bond motifs is 1. The molecule has 3 rings (SSSR count). The molecule has 0 saturated heterocycles. The summed E-state index contributed by atoms with van der Waals surface area (Å²) in [7, 11) is -4.03. The van der Waals surface area contributed by atoms with E-state index in [0.717, 1.165) is 24.1 Å². The van der Waals surface area contributed by atoms with E-state index in [0.29, 0.717) is 18.2 Å². The average Bonchev–Trinajstić information content (AvgIpc) is 2.46. The molecule has 2 aromatic carbocycles. The Morgan fingerprint density at radius 2 is 1.81 bits per heavy atom. The highest BCUT2D eigenvalue weighted by Crippen LogP contribution is 2.32. The summed E-state index contributed by atoms with van der Waals surface area (Å²) in [6.07, 6.45) is 1.45. The molecule has 0 atom stereocenters. The van der Waals surface area contributed by atoms with E-state index in [1.165, 1.54) is 4.31 Å².